The Balaban J connectivity index is 2.65. The molecule has 0 aliphatic carbocycles. The molecule has 1 rings (SSSR count). The smallest absolute Gasteiger partial charge is 0.384 e. The van der Waals surface area contributed by atoms with Crippen LogP contribution < -0.4 is 5.19 Å². The normalized spacial score (nSPS) is 12.1. The summed E-state index contributed by atoms with van der Waals surface area (Å²) in [5.74, 6) is 0. The fourth-order valence-corrected chi connectivity index (χ4v) is 1.64. The topological polar surface area (TPSA) is 9.23 Å². The third-order valence-corrected chi connectivity index (χ3v) is 2.88. The van der Waals surface area contributed by atoms with Crippen LogP contribution in [0.1, 0.15) is 5.56 Å². The fourth-order valence-electron chi connectivity index (χ4n) is 0.840. The zero-order valence-electron chi connectivity index (χ0n) is 7.18. The minimum Gasteiger partial charge on any atom is -0.384 e. The summed E-state index contributed by atoms with van der Waals surface area (Å²) >= 11 is 10.6. The van der Waals surface area contributed by atoms with Gasteiger partial charge < -0.3 is 4.43 Å². The van der Waals surface area contributed by atoms with Crippen molar-refractivity contribution in [1.82, 2.24) is 0 Å². The zero-order chi connectivity index (χ0) is 11.5. The van der Waals surface area contributed by atoms with Gasteiger partial charge in [0.2, 0.25) is 0 Å². The molecule has 0 unspecified atom stereocenters. The van der Waals surface area contributed by atoms with Crippen LogP contribution in [-0.2, 0) is 10.6 Å². The Labute approximate surface area is 97.1 Å². The molecule has 82 valence electrons. The van der Waals surface area contributed by atoms with Crippen LogP contribution in [0.2, 0.25) is 0 Å². The van der Waals surface area contributed by atoms with E-state index in [-0.39, 0.29) is 9.76 Å². The second kappa shape index (κ2) is 5.20. The molecule has 0 atom stereocenters. The maximum absolute atomic E-state index is 12.2. The van der Waals surface area contributed by atoms with E-state index in [4.69, 9.17) is 27.6 Å². The van der Waals surface area contributed by atoms with Gasteiger partial charge in [0.25, 0.3) is 9.76 Å². The Bertz CT molecular complexity index is 313. The number of rotatable bonds is 3. The van der Waals surface area contributed by atoms with Crippen LogP contribution in [0.5, 0.6) is 0 Å². The van der Waals surface area contributed by atoms with Gasteiger partial charge in [0.05, 0.1) is 5.56 Å². The molecule has 1 aromatic carbocycles. The molecule has 0 saturated heterocycles. The molecule has 15 heavy (non-hydrogen) atoms. The Morgan fingerprint density at radius 3 is 2.07 bits per heavy atom. The van der Waals surface area contributed by atoms with Crippen molar-refractivity contribution in [1.29, 1.82) is 0 Å². The van der Waals surface area contributed by atoms with Crippen molar-refractivity contribution in [2.45, 2.75) is 11.2 Å². The summed E-state index contributed by atoms with van der Waals surface area (Å²) in [4.78, 5) is 0. The number of alkyl halides is 5. The van der Waals surface area contributed by atoms with Gasteiger partial charge in [0, 0.05) is 0 Å². The van der Waals surface area contributed by atoms with E-state index in [2.05, 4.69) is 0 Å². The number of hydrogen-bond acceptors (Lipinski definition) is 1. The van der Waals surface area contributed by atoms with Crippen LogP contribution in [0.25, 0.3) is 0 Å². The van der Waals surface area contributed by atoms with E-state index in [0.29, 0.717) is 5.19 Å². The lowest BCUT2D eigenvalue weighted by Gasteiger charge is -2.07. The molecule has 0 bridgehead atoms. The summed E-state index contributed by atoms with van der Waals surface area (Å²) in [5, 5.41) is -0.361. The van der Waals surface area contributed by atoms with Crippen molar-refractivity contribution < 1.29 is 17.6 Å². The molecule has 0 aliphatic rings. The standard InChI is InChI=1S/C8H5Cl2F3OSi/c9-7(10)14-15-6-3-1-5(2-4-6)8(11,12)13/h1-4,7H. The second-order valence-corrected chi connectivity index (χ2v) is 4.59. The highest BCUT2D eigenvalue weighted by Gasteiger charge is 2.29. The Morgan fingerprint density at radius 1 is 1.13 bits per heavy atom. The van der Waals surface area contributed by atoms with E-state index in [1.165, 1.54) is 12.1 Å². The van der Waals surface area contributed by atoms with Gasteiger partial charge in [0.1, 0.15) is 0 Å². The first-order valence-electron chi connectivity index (χ1n) is 3.76. The van der Waals surface area contributed by atoms with Crippen LogP contribution in [0.15, 0.2) is 24.3 Å². The number of hydrogen-bond donors (Lipinski definition) is 0. The highest BCUT2D eigenvalue weighted by molar-refractivity contribution is 6.51. The van der Waals surface area contributed by atoms with Crippen LogP contribution in [0.3, 0.4) is 0 Å². The Morgan fingerprint density at radius 2 is 1.67 bits per heavy atom. The summed E-state index contributed by atoms with van der Waals surface area (Å²) in [5.41, 5.74) is -0.690. The van der Waals surface area contributed by atoms with Crippen LogP contribution >= 0.6 is 23.2 Å². The Hall–Kier alpha value is -0.233. The number of halogens is 5. The lowest BCUT2D eigenvalue weighted by molar-refractivity contribution is -0.137. The van der Waals surface area contributed by atoms with E-state index in [1.54, 1.807) is 0 Å². The van der Waals surface area contributed by atoms with Crippen molar-refractivity contribution in [3.63, 3.8) is 0 Å². The molecule has 0 aromatic heterocycles. The van der Waals surface area contributed by atoms with E-state index in [1.807, 2.05) is 0 Å². The molecule has 0 fully saturated rings. The van der Waals surface area contributed by atoms with Crippen molar-refractivity contribution >= 4 is 38.2 Å². The highest BCUT2D eigenvalue weighted by atomic mass is 35.5. The maximum Gasteiger partial charge on any atom is 0.416 e. The van der Waals surface area contributed by atoms with Gasteiger partial charge >= 0.3 is 6.18 Å². The lowest BCUT2D eigenvalue weighted by atomic mass is 10.2. The third-order valence-electron chi connectivity index (χ3n) is 1.48. The van der Waals surface area contributed by atoms with Gasteiger partial charge in [-0.15, -0.1) is 0 Å². The summed E-state index contributed by atoms with van der Waals surface area (Å²) in [6, 6.07) is 4.64. The van der Waals surface area contributed by atoms with Crippen LogP contribution in [0.4, 0.5) is 13.2 Å². The molecule has 0 N–H and O–H groups in total. The minimum absolute atomic E-state index is 0.167. The van der Waals surface area contributed by atoms with Crippen LogP contribution in [0, 0.1) is 0 Å². The van der Waals surface area contributed by atoms with E-state index in [0.717, 1.165) is 12.1 Å². The maximum atomic E-state index is 12.2. The Kier molecular flexibility index (Phi) is 4.45. The summed E-state index contributed by atoms with van der Waals surface area (Å²) < 4.78 is 41.3. The zero-order valence-corrected chi connectivity index (χ0v) is 9.70. The van der Waals surface area contributed by atoms with Crippen molar-refractivity contribution in [2.75, 3.05) is 0 Å². The molecule has 7 heteroatoms. The molecule has 0 heterocycles. The first-order chi connectivity index (χ1) is 6.89. The second-order valence-electron chi connectivity index (χ2n) is 2.56. The van der Waals surface area contributed by atoms with Gasteiger partial charge in [-0.05, 0) is 5.19 Å². The first-order valence-corrected chi connectivity index (χ1v) is 5.55. The number of benzene rings is 1. The molecule has 0 spiro atoms. The molecule has 1 nitrogen and oxygen atoms in total. The molecule has 2 radical (unpaired) electrons. The first kappa shape index (κ1) is 12.8. The predicted octanol–water partition coefficient (Wildman–Crippen LogP) is 2.73. The predicted molar refractivity (Wildman–Crippen MR) is 53.4 cm³/mol. The van der Waals surface area contributed by atoms with Crippen LogP contribution in [-0.4, -0.2) is 14.8 Å². The van der Waals surface area contributed by atoms with E-state index >= 15 is 0 Å². The molecule has 0 aliphatic heterocycles. The molecular formula is C8H5Cl2F3OSi. The molecular weight excluding hydrogens is 268 g/mol. The average Bonchev–Trinajstić information content (AvgIpc) is 2.14. The molecule has 0 saturated carbocycles. The van der Waals surface area contributed by atoms with E-state index in [9.17, 15) is 13.2 Å². The molecule has 0 amide bonds. The van der Waals surface area contributed by atoms with Crippen molar-refractivity contribution in [2.24, 2.45) is 0 Å². The SMILES string of the molecule is FC(F)(F)c1ccc([Si]OC(Cl)Cl)cc1. The van der Waals surface area contributed by atoms with Gasteiger partial charge in [-0.2, -0.15) is 13.2 Å². The lowest BCUT2D eigenvalue weighted by Crippen LogP contribution is -2.19. The third kappa shape index (κ3) is 4.42. The fraction of sp³-hybridized carbons (Fsp3) is 0.250. The monoisotopic (exact) mass is 272 g/mol. The summed E-state index contributed by atoms with van der Waals surface area (Å²) in [6.07, 6.45) is -4.32. The van der Waals surface area contributed by atoms with Gasteiger partial charge in [-0.25, -0.2) is 0 Å². The van der Waals surface area contributed by atoms with Crippen molar-refractivity contribution in [3.8, 4) is 0 Å². The summed E-state index contributed by atoms with van der Waals surface area (Å²) in [6.45, 7) is 0. The molecule has 1 aromatic rings. The van der Waals surface area contributed by atoms with Gasteiger partial charge in [-0.1, -0.05) is 47.5 Å². The average molecular weight is 273 g/mol. The van der Waals surface area contributed by atoms with Gasteiger partial charge in [0.15, 0.2) is 5.02 Å². The van der Waals surface area contributed by atoms with Crippen molar-refractivity contribution in [3.05, 3.63) is 29.8 Å². The highest BCUT2D eigenvalue weighted by Crippen LogP contribution is 2.28. The minimum atomic E-state index is -4.32. The van der Waals surface area contributed by atoms with Gasteiger partial charge in [-0.3, -0.25) is 0 Å². The quantitative estimate of drug-likeness (QED) is 0.607. The van der Waals surface area contributed by atoms with E-state index < -0.39 is 16.8 Å². The largest absolute Gasteiger partial charge is 0.416 e. The summed E-state index contributed by atoms with van der Waals surface area (Å²) in [7, 11) is -0.167.